The number of halogens is 1. The summed E-state index contributed by atoms with van der Waals surface area (Å²) in [6.07, 6.45) is -0.769. The van der Waals surface area contributed by atoms with E-state index in [0.29, 0.717) is 5.25 Å². The number of hydrogen-bond donors (Lipinski definition) is 2. The molecule has 3 aliphatic rings. The minimum atomic E-state index is -1.06. The highest BCUT2D eigenvalue weighted by Crippen LogP contribution is 2.51. The first-order valence-electron chi connectivity index (χ1n) is 9.40. The molecule has 0 bridgehead atoms. The Labute approximate surface area is 173 Å². The van der Waals surface area contributed by atoms with Crippen molar-refractivity contribution in [2.24, 2.45) is 11.8 Å². The Bertz CT molecular complexity index is 835. The van der Waals surface area contributed by atoms with Crippen molar-refractivity contribution in [1.29, 1.82) is 0 Å². The number of benzene rings is 1. The second kappa shape index (κ2) is 7.37. The van der Waals surface area contributed by atoms with Crippen molar-refractivity contribution in [2.45, 2.75) is 37.8 Å². The van der Waals surface area contributed by atoms with Gasteiger partial charge in [0.15, 0.2) is 0 Å². The van der Waals surface area contributed by atoms with Gasteiger partial charge in [-0.25, -0.2) is 4.79 Å². The molecule has 150 valence electrons. The van der Waals surface area contributed by atoms with E-state index < -0.39 is 18.0 Å². The first kappa shape index (κ1) is 19.8. The lowest BCUT2D eigenvalue weighted by molar-refractivity contribution is -0.163. The highest BCUT2D eigenvalue weighted by Gasteiger charge is 2.60. The minimum Gasteiger partial charge on any atom is -0.477 e. The number of carbonyl (C=O) groups is 2. The number of carbonyl (C=O) groups excluding carboxylic acids is 1. The second-order valence-electron chi connectivity index (χ2n) is 7.83. The quantitative estimate of drug-likeness (QED) is 0.685. The van der Waals surface area contributed by atoms with Crippen molar-refractivity contribution >= 4 is 35.2 Å². The van der Waals surface area contributed by atoms with Crippen LogP contribution in [0.3, 0.4) is 0 Å². The third-order valence-electron chi connectivity index (χ3n) is 5.85. The molecule has 2 N–H and O–H groups in total. The molecular formula is C20H23ClN2O4S. The zero-order chi connectivity index (χ0) is 20.2. The Balaban J connectivity index is 1.41. The fraction of sp³-hybridized carbons (Fsp3) is 0.500. The number of aliphatic carboxylic acids is 1. The van der Waals surface area contributed by atoms with Crippen LogP contribution in [-0.2, 0) is 16.1 Å². The number of thioether (sulfide) groups is 1. The zero-order valence-electron chi connectivity index (χ0n) is 15.7. The summed E-state index contributed by atoms with van der Waals surface area (Å²) in [4.78, 5) is 28.7. The molecule has 0 saturated carbocycles. The van der Waals surface area contributed by atoms with E-state index >= 15 is 0 Å². The fourth-order valence-electron chi connectivity index (χ4n) is 4.43. The number of aliphatic hydroxyl groups excluding tert-OH is 1. The molecule has 3 aliphatic heterocycles. The van der Waals surface area contributed by atoms with Crippen LogP contribution >= 0.6 is 23.4 Å². The standard InChI is InChI=1S/C20H23ClN2O4S/c1-10-16-15(11(2)24)19(25)23(16)17(20(26)27)18(10)28-14-8-22(9-14)7-12-3-5-13(21)6-4-12/h3-6,10-11,14-16,24H,7-9H2,1-2H3,(H,26,27)/t10-,11-,15-,16-/m1/s1. The Morgan fingerprint density at radius 2 is 1.96 bits per heavy atom. The third kappa shape index (κ3) is 3.24. The Morgan fingerprint density at radius 3 is 2.54 bits per heavy atom. The van der Waals surface area contributed by atoms with E-state index in [1.54, 1.807) is 18.7 Å². The Morgan fingerprint density at radius 1 is 1.32 bits per heavy atom. The average molecular weight is 423 g/mol. The van der Waals surface area contributed by atoms with Gasteiger partial charge in [-0.05, 0) is 24.6 Å². The number of β-lactam (4-membered cyclic amide) rings is 1. The van der Waals surface area contributed by atoms with Gasteiger partial charge in [0.25, 0.3) is 0 Å². The average Bonchev–Trinajstić information content (AvgIpc) is 2.83. The summed E-state index contributed by atoms with van der Waals surface area (Å²) in [5.41, 5.74) is 1.31. The molecule has 2 fully saturated rings. The third-order valence-corrected chi connectivity index (χ3v) is 7.55. The van der Waals surface area contributed by atoms with Gasteiger partial charge in [0, 0.05) is 40.7 Å². The number of nitrogens with zero attached hydrogens (tertiary/aromatic N) is 2. The highest BCUT2D eigenvalue weighted by molar-refractivity contribution is 8.03. The molecule has 3 heterocycles. The van der Waals surface area contributed by atoms with E-state index in [2.05, 4.69) is 4.90 Å². The largest absolute Gasteiger partial charge is 0.477 e. The normalized spacial score (nSPS) is 28.8. The van der Waals surface area contributed by atoms with Crippen LogP contribution in [0.4, 0.5) is 0 Å². The fourth-order valence-corrected chi connectivity index (χ4v) is 6.14. The van der Waals surface area contributed by atoms with Gasteiger partial charge in [-0.15, -0.1) is 11.8 Å². The Kier molecular flexibility index (Phi) is 5.20. The molecule has 1 aromatic carbocycles. The number of amides is 1. The van der Waals surface area contributed by atoms with Gasteiger partial charge in [-0.1, -0.05) is 30.7 Å². The van der Waals surface area contributed by atoms with Gasteiger partial charge < -0.3 is 15.1 Å². The van der Waals surface area contributed by atoms with Crippen LogP contribution in [0.2, 0.25) is 5.02 Å². The van der Waals surface area contributed by atoms with Crippen molar-refractivity contribution in [3.8, 4) is 0 Å². The molecule has 0 aliphatic carbocycles. The maximum Gasteiger partial charge on any atom is 0.353 e. The van der Waals surface area contributed by atoms with E-state index in [0.717, 1.165) is 29.6 Å². The van der Waals surface area contributed by atoms with E-state index in [9.17, 15) is 19.8 Å². The van der Waals surface area contributed by atoms with Crippen LogP contribution in [-0.4, -0.2) is 62.4 Å². The number of rotatable bonds is 6. The number of hydrogen-bond acceptors (Lipinski definition) is 5. The van der Waals surface area contributed by atoms with Crippen LogP contribution in [0.5, 0.6) is 0 Å². The van der Waals surface area contributed by atoms with Crippen LogP contribution in [0, 0.1) is 11.8 Å². The van der Waals surface area contributed by atoms with Gasteiger partial charge in [0.05, 0.1) is 18.1 Å². The SMILES string of the molecule is C[C@@H](O)[C@H]1C(=O)N2C(C(=O)O)=C(SC3CN(Cc4ccc(Cl)cc4)C3)[C@H](C)[C@H]12. The van der Waals surface area contributed by atoms with E-state index in [-0.39, 0.29) is 23.6 Å². The van der Waals surface area contributed by atoms with E-state index in [4.69, 9.17) is 11.6 Å². The predicted octanol–water partition coefficient (Wildman–Crippen LogP) is 2.41. The van der Waals surface area contributed by atoms with Gasteiger partial charge in [-0.2, -0.15) is 0 Å². The molecule has 2 saturated heterocycles. The van der Waals surface area contributed by atoms with Crippen molar-refractivity contribution in [3.05, 3.63) is 45.5 Å². The van der Waals surface area contributed by atoms with Gasteiger partial charge in [0.2, 0.25) is 5.91 Å². The lowest BCUT2D eigenvalue weighted by Gasteiger charge is -2.46. The Hall–Kier alpha value is -1.54. The molecule has 8 heteroatoms. The molecule has 0 unspecified atom stereocenters. The van der Waals surface area contributed by atoms with Crippen molar-refractivity contribution in [1.82, 2.24) is 9.80 Å². The number of carboxylic acids is 1. The molecule has 4 rings (SSSR count). The summed E-state index contributed by atoms with van der Waals surface area (Å²) in [5.74, 6) is -1.92. The number of fused-ring (bicyclic) bond motifs is 1. The smallest absolute Gasteiger partial charge is 0.353 e. The summed E-state index contributed by atoms with van der Waals surface area (Å²) >= 11 is 7.50. The molecule has 0 spiro atoms. The first-order valence-corrected chi connectivity index (χ1v) is 10.7. The van der Waals surface area contributed by atoms with Crippen LogP contribution in [0.25, 0.3) is 0 Å². The minimum absolute atomic E-state index is 0.0706. The summed E-state index contributed by atoms with van der Waals surface area (Å²) < 4.78 is 0. The van der Waals surface area contributed by atoms with E-state index in [1.165, 1.54) is 10.5 Å². The highest BCUT2D eigenvalue weighted by atomic mass is 35.5. The van der Waals surface area contributed by atoms with Gasteiger partial charge in [0.1, 0.15) is 5.70 Å². The van der Waals surface area contributed by atoms with Crippen LogP contribution in [0.15, 0.2) is 34.9 Å². The summed E-state index contributed by atoms with van der Waals surface area (Å²) in [7, 11) is 0. The number of likely N-dealkylation sites (tertiary alicyclic amines) is 1. The molecule has 0 aromatic heterocycles. The predicted molar refractivity (Wildman–Crippen MR) is 108 cm³/mol. The lowest BCUT2D eigenvalue weighted by atomic mass is 9.79. The topological polar surface area (TPSA) is 81.1 Å². The number of aliphatic hydroxyl groups is 1. The van der Waals surface area contributed by atoms with Gasteiger partial charge >= 0.3 is 5.97 Å². The zero-order valence-corrected chi connectivity index (χ0v) is 17.3. The lowest BCUT2D eigenvalue weighted by Crippen LogP contribution is -2.63. The number of carboxylic acid groups (broad SMARTS) is 1. The maximum atomic E-state index is 12.4. The molecule has 4 atom stereocenters. The molecule has 1 amide bonds. The van der Waals surface area contributed by atoms with Crippen LogP contribution in [0.1, 0.15) is 19.4 Å². The van der Waals surface area contributed by atoms with E-state index in [1.807, 2.05) is 31.2 Å². The summed E-state index contributed by atoms with van der Waals surface area (Å²) in [5, 5.41) is 20.6. The van der Waals surface area contributed by atoms with Gasteiger partial charge in [-0.3, -0.25) is 9.69 Å². The molecular weight excluding hydrogens is 400 g/mol. The summed E-state index contributed by atoms with van der Waals surface area (Å²) in [6, 6.07) is 7.55. The molecule has 6 nitrogen and oxygen atoms in total. The molecule has 28 heavy (non-hydrogen) atoms. The monoisotopic (exact) mass is 422 g/mol. The van der Waals surface area contributed by atoms with Crippen LogP contribution < -0.4 is 0 Å². The molecule has 1 aromatic rings. The first-order chi connectivity index (χ1) is 13.3. The second-order valence-corrected chi connectivity index (χ2v) is 9.61. The van der Waals surface area contributed by atoms with Crippen molar-refractivity contribution < 1.29 is 19.8 Å². The maximum absolute atomic E-state index is 12.4. The summed E-state index contributed by atoms with van der Waals surface area (Å²) in [6.45, 7) is 6.14. The molecule has 0 radical (unpaired) electrons. The van der Waals surface area contributed by atoms with Crippen molar-refractivity contribution in [2.75, 3.05) is 13.1 Å². The van der Waals surface area contributed by atoms with Crippen molar-refractivity contribution in [3.63, 3.8) is 0 Å².